The van der Waals surface area contributed by atoms with Gasteiger partial charge in [0.05, 0.1) is 23.3 Å². The molecule has 0 aromatic heterocycles. The maximum absolute atomic E-state index is 5.95. The predicted octanol–water partition coefficient (Wildman–Crippen LogP) is 3.77. The molecule has 24 heavy (non-hydrogen) atoms. The largest absolute Gasteiger partial charge is 0.399 e. The van der Waals surface area contributed by atoms with Crippen LogP contribution in [0.3, 0.4) is 0 Å². The van der Waals surface area contributed by atoms with Crippen LogP contribution in [0.1, 0.15) is 5.56 Å². The number of hydrogen-bond donors (Lipinski definition) is 1. The van der Waals surface area contributed by atoms with Crippen LogP contribution in [0.4, 0.5) is 17.1 Å². The highest BCUT2D eigenvalue weighted by Gasteiger charge is 2.27. The fourth-order valence-electron chi connectivity index (χ4n) is 3.24. The number of nitrogens with zero attached hydrogens (tertiary/aromatic N) is 4. The van der Waals surface area contributed by atoms with E-state index in [-0.39, 0.29) is 0 Å². The minimum absolute atomic E-state index is 0.744. The molecular formula is C19H13N5. The van der Waals surface area contributed by atoms with Crippen molar-refractivity contribution in [3.05, 3.63) is 59.8 Å². The first kappa shape index (κ1) is 13.0. The smallest absolute Gasteiger partial charge is 0.136 e. The quantitative estimate of drug-likeness (QED) is 0.815. The summed E-state index contributed by atoms with van der Waals surface area (Å²) in [5, 5.41) is 6.30. The summed E-state index contributed by atoms with van der Waals surface area (Å²) in [6.45, 7) is 0. The summed E-state index contributed by atoms with van der Waals surface area (Å²) in [6, 6.07) is 12.0. The average molecular weight is 311 g/mol. The molecule has 5 rings (SSSR count). The number of nitrogens with two attached hydrogens (primary N) is 1. The third-order valence-electron chi connectivity index (χ3n) is 4.32. The number of hydrogen-bond acceptors (Lipinski definition) is 5. The Balaban J connectivity index is 1.76. The van der Waals surface area contributed by atoms with Gasteiger partial charge < -0.3 is 5.73 Å². The van der Waals surface area contributed by atoms with Gasteiger partial charge in [0.25, 0.3) is 0 Å². The van der Waals surface area contributed by atoms with Gasteiger partial charge in [-0.15, -0.1) is 0 Å². The number of benzene rings is 2. The zero-order valence-electron chi connectivity index (χ0n) is 12.7. The SMILES string of the molecule is Nc1cccc(-c2ccc3c4c2N=CC4=CC=C2C=NC=NN23)c1. The standard InChI is InChI=1S/C19H13N5/c20-14-3-1-2-12(8-14)16-6-7-17-18-13(9-22-19(16)18)4-5-15-10-21-11-23-24(15)17/h1-11H,20H2. The van der Waals surface area contributed by atoms with Gasteiger partial charge in [-0.2, -0.15) is 5.10 Å². The van der Waals surface area contributed by atoms with Crippen LogP contribution >= 0.6 is 0 Å². The maximum Gasteiger partial charge on any atom is 0.136 e. The van der Waals surface area contributed by atoms with Crippen molar-refractivity contribution < 1.29 is 0 Å². The van der Waals surface area contributed by atoms with Crippen molar-refractivity contribution in [1.82, 2.24) is 0 Å². The fraction of sp³-hybridized carbons (Fsp3) is 0. The summed E-state index contributed by atoms with van der Waals surface area (Å²) in [6.07, 6.45) is 9.33. The second-order valence-electron chi connectivity index (χ2n) is 5.77. The third kappa shape index (κ3) is 1.78. The van der Waals surface area contributed by atoms with Crippen molar-refractivity contribution in [2.45, 2.75) is 0 Å². The Bertz CT molecular complexity index is 1020. The molecular weight excluding hydrogens is 298 g/mol. The van der Waals surface area contributed by atoms with Crippen LogP contribution in [0, 0.1) is 0 Å². The highest BCUT2D eigenvalue weighted by molar-refractivity contribution is 6.22. The molecule has 0 unspecified atom stereocenters. The van der Waals surface area contributed by atoms with E-state index < -0.39 is 0 Å². The van der Waals surface area contributed by atoms with E-state index in [9.17, 15) is 0 Å². The molecule has 2 aromatic rings. The minimum atomic E-state index is 0.744. The normalized spacial score (nSPS) is 16.4. The molecule has 5 heteroatoms. The summed E-state index contributed by atoms with van der Waals surface area (Å²) in [5.41, 5.74) is 13.9. The highest BCUT2D eigenvalue weighted by atomic mass is 15.5. The van der Waals surface area contributed by atoms with Crippen LogP contribution in [0.25, 0.3) is 16.7 Å². The molecule has 0 spiro atoms. The summed E-state index contributed by atoms with van der Waals surface area (Å²) in [5.74, 6) is 0. The molecule has 3 aliphatic heterocycles. The van der Waals surface area contributed by atoms with Crippen molar-refractivity contribution in [3.63, 3.8) is 0 Å². The van der Waals surface area contributed by atoms with E-state index in [0.29, 0.717) is 0 Å². The van der Waals surface area contributed by atoms with E-state index in [4.69, 9.17) is 5.73 Å². The van der Waals surface area contributed by atoms with Crippen molar-refractivity contribution in [1.29, 1.82) is 0 Å². The van der Waals surface area contributed by atoms with Gasteiger partial charge in [0, 0.05) is 28.6 Å². The first-order valence-corrected chi connectivity index (χ1v) is 7.66. The lowest BCUT2D eigenvalue weighted by atomic mass is 9.96. The van der Waals surface area contributed by atoms with Crippen molar-refractivity contribution in [2.75, 3.05) is 10.7 Å². The summed E-state index contributed by atoms with van der Waals surface area (Å²) in [4.78, 5) is 8.78. The number of allylic oxidation sites excluding steroid dienone is 4. The van der Waals surface area contributed by atoms with Crippen LogP contribution in [-0.2, 0) is 0 Å². The zero-order valence-corrected chi connectivity index (χ0v) is 12.7. The Morgan fingerprint density at radius 1 is 1.00 bits per heavy atom. The van der Waals surface area contributed by atoms with Crippen LogP contribution in [0.2, 0.25) is 0 Å². The van der Waals surface area contributed by atoms with E-state index in [1.54, 1.807) is 12.6 Å². The zero-order chi connectivity index (χ0) is 16.1. The Kier molecular flexibility index (Phi) is 2.58. The van der Waals surface area contributed by atoms with Crippen LogP contribution in [0.5, 0.6) is 0 Å². The lowest BCUT2D eigenvalue weighted by Crippen LogP contribution is -2.19. The van der Waals surface area contributed by atoms with Gasteiger partial charge >= 0.3 is 0 Å². The lowest BCUT2D eigenvalue weighted by molar-refractivity contribution is 1.04. The average Bonchev–Trinajstić information content (AvgIpc) is 2.96. The summed E-state index contributed by atoms with van der Waals surface area (Å²) in [7, 11) is 0. The number of rotatable bonds is 1. The first-order valence-electron chi connectivity index (χ1n) is 7.66. The predicted molar refractivity (Wildman–Crippen MR) is 100.0 cm³/mol. The van der Waals surface area contributed by atoms with E-state index in [1.165, 1.54) is 0 Å². The van der Waals surface area contributed by atoms with Gasteiger partial charge in [0.1, 0.15) is 6.34 Å². The molecule has 0 fully saturated rings. The summed E-state index contributed by atoms with van der Waals surface area (Å²) < 4.78 is 0. The van der Waals surface area contributed by atoms with E-state index in [0.717, 1.165) is 45.0 Å². The van der Waals surface area contributed by atoms with Gasteiger partial charge in [-0.1, -0.05) is 24.3 Å². The molecule has 114 valence electrons. The Morgan fingerprint density at radius 2 is 1.96 bits per heavy atom. The van der Waals surface area contributed by atoms with Gasteiger partial charge in [0.15, 0.2) is 0 Å². The second kappa shape index (κ2) is 4.76. The fourth-order valence-corrected chi connectivity index (χ4v) is 3.24. The molecule has 5 nitrogen and oxygen atoms in total. The van der Waals surface area contributed by atoms with Crippen LogP contribution in [0.15, 0.2) is 69.3 Å². The monoisotopic (exact) mass is 311 g/mol. The number of aliphatic imine (C=N–C) groups is 2. The highest BCUT2D eigenvalue weighted by Crippen LogP contribution is 2.47. The Morgan fingerprint density at radius 3 is 2.88 bits per heavy atom. The molecule has 3 aliphatic rings. The summed E-state index contributed by atoms with van der Waals surface area (Å²) >= 11 is 0. The molecule has 0 radical (unpaired) electrons. The third-order valence-corrected chi connectivity index (χ3v) is 4.32. The van der Waals surface area contributed by atoms with Gasteiger partial charge in [-0.25, -0.2) is 10.0 Å². The molecule has 3 heterocycles. The molecule has 0 bridgehead atoms. The number of anilines is 2. The van der Waals surface area contributed by atoms with E-state index in [2.05, 4.69) is 39.4 Å². The van der Waals surface area contributed by atoms with Crippen molar-refractivity contribution in [2.24, 2.45) is 15.1 Å². The second-order valence-corrected chi connectivity index (χ2v) is 5.77. The minimum Gasteiger partial charge on any atom is -0.399 e. The topological polar surface area (TPSA) is 66.3 Å². The Labute approximate surface area is 138 Å². The maximum atomic E-state index is 5.95. The number of hydrazone groups is 1. The number of nitrogen functional groups attached to an aromatic ring is 1. The van der Waals surface area contributed by atoms with E-state index >= 15 is 0 Å². The van der Waals surface area contributed by atoms with Gasteiger partial charge in [-0.05, 0) is 29.8 Å². The molecule has 0 aliphatic carbocycles. The molecule has 2 N–H and O–H groups in total. The van der Waals surface area contributed by atoms with Crippen LogP contribution in [-0.4, -0.2) is 18.8 Å². The van der Waals surface area contributed by atoms with E-state index in [1.807, 2.05) is 35.5 Å². The molecule has 0 amide bonds. The molecule has 0 saturated heterocycles. The Hall–Kier alpha value is -3.47. The van der Waals surface area contributed by atoms with Gasteiger partial charge in [-0.3, -0.25) is 4.99 Å². The first-order chi connectivity index (χ1) is 11.8. The van der Waals surface area contributed by atoms with Crippen molar-refractivity contribution in [3.8, 4) is 11.1 Å². The molecule has 0 saturated carbocycles. The van der Waals surface area contributed by atoms with Crippen molar-refractivity contribution >= 4 is 41.4 Å². The molecule has 0 atom stereocenters. The molecule has 2 aromatic carbocycles. The van der Waals surface area contributed by atoms with Crippen LogP contribution < -0.4 is 10.7 Å². The number of fused-ring (bicyclic) bond motifs is 2. The lowest BCUT2D eigenvalue weighted by Gasteiger charge is -2.23. The van der Waals surface area contributed by atoms with Gasteiger partial charge in [0.2, 0.25) is 0 Å².